The van der Waals surface area contributed by atoms with Gasteiger partial charge < -0.3 is 15.3 Å². The van der Waals surface area contributed by atoms with Crippen LogP contribution in [0.4, 0.5) is 0 Å². The van der Waals surface area contributed by atoms with Gasteiger partial charge in [-0.3, -0.25) is 4.79 Å². The highest BCUT2D eigenvalue weighted by atomic mass is 32.2. The van der Waals surface area contributed by atoms with E-state index in [2.05, 4.69) is 6.92 Å². The molecule has 0 aliphatic carbocycles. The molecule has 0 aliphatic heterocycles. The van der Waals surface area contributed by atoms with Crippen molar-refractivity contribution >= 4 is 23.7 Å². The second-order valence-electron chi connectivity index (χ2n) is 9.23. The molecule has 1 unspecified atom stereocenters. The number of carboxylic acids is 2. The molecule has 0 saturated heterocycles. The minimum atomic E-state index is -2.21. The first-order chi connectivity index (χ1) is 15.4. The lowest BCUT2D eigenvalue weighted by Crippen LogP contribution is -2.37. The van der Waals surface area contributed by atoms with Crippen molar-refractivity contribution in [3.63, 3.8) is 0 Å². The molecule has 0 aromatic carbocycles. The molecule has 0 radical (unpaired) electrons. The molecule has 3 N–H and O–H groups in total. The van der Waals surface area contributed by atoms with Crippen molar-refractivity contribution in [2.24, 2.45) is 0 Å². The highest BCUT2D eigenvalue weighted by molar-refractivity contribution is 8.01. The van der Waals surface area contributed by atoms with E-state index < -0.39 is 23.3 Å². The number of rotatable bonds is 25. The topological polar surface area (TPSA) is 94.8 Å². The molecule has 0 aromatic heterocycles. The quantitative estimate of drug-likeness (QED) is 0.0923. The van der Waals surface area contributed by atoms with Crippen molar-refractivity contribution < 1.29 is 24.9 Å². The van der Waals surface area contributed by atoms with Gasteiger partial charge in [-0.25, -0.2) is 4.79 Å². The molecule has 0 bridgehead atoms. The maximum Gasteiger partial charge on any atom is 0.347 e. The lowest BCUT2D eigenvalue weighted by atomic mass is 10.0. The standard InChI is InChI=1S/C26H50O5S/c1-2-3-4-5-6-7-8-9-10-11-12-13-14-15-16-17-18-19-20-21-22-32-26(31,25(29)30)23-24(27)28/h31H,2-23H2,1H3,(H,27,28)(H,29,30). The Morgan fingerprint density at radius 1 is 0.594 bits per heavy atom. The fraction of sp³-hybridized carbons (Fsp3) is 0.923. The van der Waals surface area contributed by atoms with Crippen LogP contribution in [0.3, 0.4) is 0 Å². The van der Waals surface area contributed by atoms with Crippen molar-refractivity contribution in [2.75, 3.05) is 5.75 Å². The summed E-state index contributed by atoms with van der Waals surface area (Å²) < 4.78 is 0. The van der Waals surface area contributed by atoms with Crippen LogP contribution in [0.25, 0.3) is 0 Å². The molecule has 0 rings (SSSR count). The summed E-state index contributed by atoms with van der Waals surface area (Å²) in [6.07, 6.45) is 25.4. The lowest BCUT2D eigenvalue weighted by Gasteiger charge is -2.20. The number of carbonyl (C=O) groups is 2. The first-order valence-corrected chi connectivity index (χ1v) is 14.2. The van der Waals surface area contributed by atoms with Gasteiger partial charge in [-0.2, -0.15) is 0 Å². The Balaban J connectivity index is 3.30. The number of hydrogen-bond donors (Lipinski definition) is 3. The smallest absolute Gasteiger partial charge is 0.347 e. The summed E-state index contributed by atoms with van der Waals surface area (Å²) >= 11 is 0.825. The summed E-state index contributed by atoms with van der Waals surface area (Å²) in [5.74, 6) is -2.31. The number of thioether (sulfide) groups is 1. The molecule has 1 atom stereocenters. The number of unbranched alkanes of at least 4 members (excludes halogenated alkanes) is 19. The average molecular weight is 475 g/mol. The zero-order valence-electron chi connectivity index (χ0n) is 20.6. The Morgan fingerprint density at radius 2 is 0.906 bits per heavy atom. The fourth-order valence-corrected chi connectivity index (χ4v) is 5.03. The Labute approximate surface area is 201 Å². The van der Waals surface area contributed by atoms with Gasteiger partial charge in [-0.15, -0.1) is 11.8 Å². The highest BCUT2D eigenvalue weighted by Gasteiger charge is 2.38. The first kappa shape index (κ1) is 31.2. The normalized spacial score (nSPS) is 13.2. The van der Waals surface area contributed by atoms with Crippen LogP contribution in [0.5, 0.6) is 0 Å². The second kappa shape index (κ2) is 22.1. The predicted molar refractivity (Wildman–Crippen MR) is 135 cm³/mol. The van der Waals surface area contributed by atoms with Crippen LogP contribution < -0.4 is 0 Å². The first-order valence-electron chi connectivity index (χ1n) is 13.2. The van der Waals surface area contributed by atoms with Gasteiger partial charge in [0.1, 0.15) is 0 Å². The molecule has 0 aromatic rings. The molecular weight excluding hydrogens is 424 g/mol. The largest absolute Gasteiger partial charge is 0.481 e. The Morgan fingerprint density at radius 3 is 1.19 bits per heavy atom. The van der Waals surface area contributed by atoms with Gasteiger partial charge in [0.25, 0.3) is 0 Å². The van der Waals surface area contributed by atoms with Gasteiger partial charge >= 0.3 is 11.9 Å². The summed E-state index contributed by atoms with van der Waals surface area (Å²) in [5, 5.41) is 27.6. The van der Waals surface area contributed by atoms with Crippen LogP contribution in [-0.2, 0) is 9.59 Å². The number of hydrogen-bond acceptors (Lipinski definition) is 4. The third kappa shape index (κ3) is 19.9. The Bertz CT molecular complexity index is 457. The van der Waals surface area contributed by atoms with Gasteiger partial charge in [-0.05, 0) is 12.2 Å². The van der Waals surface area contributed by atoms with Gasteiger partial charge in [0.05, 0.1) is 6.42 Å². The van der Waals surface area contributed by atoms with Crippen LogP contribution in [0.2, 0.25) is 0 Å². The van der Waals surface area contributed by atoms with Crippen molar-refractivity contribution in [2.45, 2.75) is 147 Å². The van der Waals surface area contributed by atoms with E-state index >= 15 is 0 Å². The van der Waals surface area contributed by atoms with Crippen LogP contribution in [0.1, 0.15) is 142 Å². The van der Waals surface area contributed by atoms with E-state index in [4.69, 9.17) is 10.2 Å². The summed E-state index contributed by atoms with van der Waals surface area (Å²) in [6.45, 7) is 2.27. The molecule has 190 valence electrons. The average Bonchev–Trinajstić information content (AvgIpc) is 2.74. The zero-order chi connectivity index (χ0) is 23.9. The highest BCUT2D eigenvalue weighted by Crippen LogP contribution is 2.28. The van der Waals surface area contributed by atoms with Crippen LogP contribution in [0, 0.1) is 0 Å². The summed E-state index contributed by atoms with van der Waals surface area (Å²) in [4.78, 5) is 19.6. The number of carboxylic acid groups (broad SMARTS) is 2. The van der Waals surface area contributed by atoms with E-state index in [0.29, 0.717) is 5.75 Å². The summed E-state index contributed by atoms with van der Waals surface area (Å²) in [5.41, 5.74) is 0. The molecule has 0 amide bonds. The van der Waals surface area contributed by atoms with Crippen LogP contribution >= 0.6 is 11.8 Å². The fourth-order valence-electron chi connectivity index (χ4n) is 3.99. The van der Waals surface area contributed by atoms with Gasteiger partial charge in [0.15, 0.2) is 0 Å². The maximum atomic E-state index is 11.1. The molecule has 0 spiro atoms. The van der Waals surface area contributed by atoms with Gasteiger partial charge in [0, 0.05) is 0 Å². The predicted octanol–water partition coefficient (Wildman–Crippen LogP) is 7.79. The van der Waals surface area contributed by atoms with Crippen molar-refractivity contribution in [3.05, 3.63) is 0 Å². The Hall–Kier alpha value is -0.750. The number of aliphatic carboxylic acids is 2. The van der Waals surface area contributed by atoms with Crippen molar-refractivity contribution in [1.82, 2.24) is 0 Å². The zero-order valence-corrected chi connectivity index (χ0v) is 21.4. The molecule has 32 heavy (non-hydrogen) atoms. The Kier molecular flexibility index (Phi) is 21.5. The summed E-state index contributed by atoms with van der Waals surface area (Å²) in [7, 11) is 0. The van der Waals surface area contributed by atoms with E-state index in [1.54, 1.807) is 0 Å². The second-order valence-corrected chi connectivity index (χ2v) is 10.6. The molecule has 6 heteroatoms. The molecule has 0 heterocycles. The molecule has 0 saturated carbocycles. The van der Waals surface area contributed by atoms with Crippen LogP contribution in [0.15, 0.2) is 0 Å². The van der Waals surface area contributed by atoms with E-state index in [1.807, 2.05) is 0 Å². The van der Waals surface area contributed by atoms with Gasteiger partial charge in [-0.1, -0.05) is 129 Å². The minimum absolute atomic E-state index is 0.467. The van der Waals surface area contributed by atoms with Crippen molar-refractivity contribution in [3.8, 4) is 0 Å². The van der Waals surface area contributed by atoms with Gasteiger partial charge in [0.2, 0.25) is 4.93 Å². The van der Waals surface area contributed by atoms with E-state index in [9.17, 15) is 14.7 Å². The van der Waals surface area contributed by atoms with E-state index in [-0.39, 0.29) is 0 Å². The minimum Gasteiger partial charge on any atom is -0.481 e. The van der Waals surface area contributed by atoms with E-state index in [0.717, 1.165) is 31.0 Å². The summed E-state index contributed by atoms with van der Waals surface area (Å²) in [6, 6.07) is 0. The monoisotopic (exact) mass is 474 g/mol. The molecular formula is C26H50O5S. The third-order valence-corrected chi connectivity index (χ3v) is 7.35. The van der Waals surface area contributed by atoms with Crippen LogP contribution in [-0.4, -0.2) is 37.9 Å². The van der Waals surface area contributed by atoms with Crippen molar-refractivity contribution in [1.29, 1.82) is 0 Å². The molecule has 0 aliphatic rings. The maximum absolute atomic E-state index is 11.1. The third-order valence-electron chi connectivity index (χ3n) is 6.06. The molecule has 0 fully saturated rings. The SMILES string of the molecule is CCCCCCCCCCCCCCCCCCCCCCSC(O)(CC(=O)O)C(=O)O. The molecule has 5 nitrogen and oxygen atoms in total. The number of aliphatic hydroxyl groups is 1. The lowest BCUT2D eigenvalue weighted by molar-refractivity contribution is -0.155. The van der Waals surface area contributed by atoms with E-state index in [1.165, 1.54) is 109 Å².